The number of carbonyl (C=O) groups is 2. The van der Waals surface area contributed by atoms with Crippen molar-refractivity contribution in [2.24, 2.45) is 0 Å². The molecule has 0 aliphatic carbocycles. The van der Waals surface area contributed by atoms with Crippen LogP contribution in [0.2, 0.25) is 0 Å². The summed E-state index contributed by atoms with van der Waals surface area (Å²) in [5.41, 5.74) is 3.00. The molecule has 0 saturated carbocycles. The van der Waals surface area contributed by atoms with Gasteiger partial charge in [-0.05, 0) is 55.0 Å². The van der Waals surface area contributed by atoms with Gasteiger partial charge in [-0.25, -0.2) is 4.39 Å². The van der Waals surface area contributed by atoms with Crippen molar-refractivity contribution in [2.45, 2.75) is 6.92 Å². The van der Waals surface area contributed by atoms with Crippen molar-refractivity contribution in [1.29, 1.82) is 0 Å². The number of rotatable bonds is 4. The molecule has 0 fully saturated rings. The number of amides is 2. The summed E-state index contributed by atoms with van der Waals surface area (Å²) in [5.74, 6) is -1.51. The number of aryl methyl sites for hydroxylation is 1. The van der Waals surface area contributed by atoms with Crippen molar-refractivity contribution in [3.05, 3.63) is 89.4 Å². The topological polar surface area (TPSA) is 86.9 Å². The van der Waals surface area contributed by atoms with E-state index in [1.54, 1.807) is 43.5 Å². The lowest BCUT2D eigenvalue weighted by atomic mass is 10.1. The van der Waals surface area contributed by atoms with Crippen molar-refractivity contribution in [3.63, 3.8) is 0 Å². The molecule has 4 rings (SSSR count). The van der Waals surface area contributed by atoms with Gasteiger partial charge in [0.1, 0.15) is 5.82 Å². The number of aromatic nitrogens is 2. The summed E-state index contributed by atoms with van der Waals surface area (Å²) in [6.45, 7) is 1.80. The van der Waals surface area contributed by atoms with Crippen LogP contribution in [0.25, 0.3) is 10.9 Å². The first-order valence-electron chi connectivity index (χ1n) is 8.92. The highest BCUT2D eigenvalue weighted by atomic mass is 19.1. The second-order valence-electron chi connectivity index (χ2n) is 6.59. The van der Waals surface area contributed by atoms with Gasteiger partial charge in [0.2, 0.25) is 0 Å². The number of fused-ring (bicyclic) bond motifs is 1. The molecule has 3 N–H and O–H groups in total. The number of anilines is 2. The van der Waals surface area contributed by atoms with Gasteiger partial charge in [-0.3, -0.25) is 14.7 Å². The maximum Gasteiger partial charge on any atom is 0.258 e. The predicted octanol–water partition coefficient (Wildman–Crippen LogP) is 4.52. The lowest BCUT2D eigenvalue weighted by Gasteiger charge is -2.11. The summed E-state index contributed by atoms with van der Waals surface area (Å²) in [4.78, 5) is 25.1. The van der Waals surface area contributed by atoms with E-state index in [0.29, 0.717) is 16.9 Å². The van der Waals surface area contributed by atoms with Gasteiger partial charge in [0.05, 0.1) is 17.3 Å². The van der Waals surface area contributed by atoms with E-state index in [1.165, 1.54) is 18.2 Å². The molecule has 4 aromatic rings. The van der Waals surface area contributed by atoms with Crippen LogP contribution in [-0.2, 0) is 0 Å². The zero-order valence-electron chi connectivity index (χ0n) is 15.5. The van der Waals surface area contributed by atoms with Crippen LogP contribution in [0.4, 0.5) is 15.8 Å². The quantitative estimate of drug-likeness (QED) is 0.481. The summed E-state index contributed by atoms with van der Waals surface area (Å²) in [6.07, 6.45) is 1.67. The average Bonchev–Trinajstić information content (AvgIpc) is 3.17. The highest BCUT2D eigenvalue weighted by Gasteiger charge is 2.14. The maximum absolute atomic E-state index is 13.8. The molecule has 2 amide bonds. The summed E-state index contributed by atoms with van der Waals surface area (Å²) in [7, 11) is 0. The number of halogens is 1. The number of carbonyl (C=O) groups excluding carboxylic acids is 2. The van der Waals surface area contributed by atoms with Crippen LogP contribution >= 0.6 is 0 Å². The van der Waals surface area contributed by atoms with E-state index in [-0.39, 0.29) is 11.5 Å². The number of benzene rings is 3. The van der Waals surface area contributed by atoms with Crippen molar-refractivity contribution < 1.29 is 14.0 Å². The lowest BCUT2D eigenvalue weighted by molar-refractivity contribution is 0.101. The maximum atomic E-state index is 13.8. The van der Waals surface area contributed by atoms with Crippen LogP contribution in [0.1, 0.15) is 26.3 Å². The monoisotopic (exact) mass is 388 g/mol. The number of nitrogens with zero attached hydrogens (tertiary/aromatic N) is 1. The molecule has 144 valence electrons. The first-order chi connectivity index (χ1) is 14.0. The van der Waals surface area contributed by atoms with Crippen LogP contribution in [0.15, 0.2) is 66.9 Å². The molecule has 29 heavy (non-hydrogen) atoms. The Morgan fingerprint density at radius 2 is 1.79 bits per heavy atom. The molecule has 3 aromatic carbocycles. The van der Waals surface area contributed by atoms with E-state index in [4.69, 9.17) is 0 Å². The molecule has 0 unspecified atom stereocenters. The average molecular weight is 388 g/mol. The Bertz CT molecular complexity index is 1230. The zero-order chi connectivity index (χ0) is 20.4. The van der Waals surface area contributed by atoms with Crippen molar-refractivity contribution in [3.8, 4) is 0 Å². The fourth-order valence-electron chi connectivity index (χ4n) is 2.96. The van der Waals surface area contributed by atoms with Gasteiger partial charge in [0.25, 0.3) is 11.8 Å². The van der Waals surface area contributed by atoms with Crippen molar-refractivity contribution in [1.82, 2.24) is 10.2 Å². The molecule has 0 spiro atoms. The highest BCUT2D eigenvalue weighted by molar-refractivity contribution is 6.08. The fourth-order valence-corrected chi connectivity index (χ4v) is 2.96. The minimum atomic E-state index is -0.605. The molecule has 0 bridgehead atoms. The lowest BCUT2D eigenvalue weighted by Crippen LogP contribution is -2.16. The fraction of sp³-hybridized carbons (Fsp3) is 0.0455. The molecular formula is C22H17FN4O2. The van der Waals surface area contributed by atoms with Gasteiger partial charge in [0, 0.05) is 22.3 Å². The molecule has 1 aromatic heterocycles. The Balaban J connectivity index is 1.54. The molecule has 0 radical (unpaired) electrons. The van der Waals surface area contributed by atoms with Crippen molar-refractivity contribution in [2.75, 3.05) is 10.6 Å². The number of aromatic amines is 1. The third-order valence-electron chi connectivity index (χ3n) is 4.56. The SMILES string of the molecule is Cc1ccc(C(=O)Nc2ccc3[nH]ncc3c2)cc1NC(=O)c1ccccc1F. The Morgan fingerprint density at radius 1 is 0.966 bits per heavy atom. The third kappa shape index (κ3) is 3.84. The minimum absolute atomic E-state index is 0.0600. The van der Waals surface area contributed by atoms with E-state index < -0.39 is 11.7 Å². The molecule has 0 atom stereocenters. The Kier molecular flexibility index (Phi) is 4.78. The first kappa shape index (κ1) is 18.4. The number of hydrogen-bond donors (Lipinski definition) is 3. The Labute approximate surface area is 165 Å². The van der Waals surface area contributed by atoms with Crippen LogP contribution in [0, 0.1) is 12.7 Å². The van der Waals surface area contributed by atoms with E-state index in [0.717, 1.165) is 16.5 Å². The summed E-state index contributed by atoms with van der Waals surface area (Å²) < 4.78 is 13.8. The van der Waals surface area contributed by atoms with Crippen LogP contribution in [0.5, 0.6) is 0 Å². The largest absolute Gasteiger partial charge is 0.322 e. The summed E-state index contributed by atoms with van der Waals surface area (Å²) >= 11 is 0. The highest BCUT2D eigenvalue weighted by Crippen LogP contribution is 2.21. The third-order valence-corrected chi connectivity index (χ3v) is 4.56. The Morgan fingerprint density at radius 3 is 2.62 bits per heavy atom. The molecule has 0 aliphatic rings. The van der Waals surface area contributed by atoms with Gasteiger partial charge in [-0.15, -0.1) is 0 Å². The Hall–Kier alpha value is -4.00. The van der Waals surface area contributed by atoms with Crippen molar-refractivity contribution >= 4 is 34.1 Å². The smallest absolute Gasteiger partial charge is 0.258 e. The van der Waals surface area contributed by atoms with Gasteiger partial charge < -0.3 is 10.6 Å². The normalized spacial score (nSPS) is 10.7. The molecule has 7 heteroatoms. The number of H-pyrrole nitrogens is 1. The van der Waals surface area contributed by atoms with Gasteiger partial charge in [-0.1, -0.05) is 18.2 Å². The summed E-state index contributed by atoms with van der Waals surface area (Å²) in [6, 6.07) is 16.1. The summed E-state index contributed by atoms with van der Waals surface area (Å²) in [5, 5.41) is 13.2. The first-order valence-corrected chi connectivity index (χ1v) is 8.92. The minimum Gasteiger partial charge on any atom is -0.322 e. The van der Waals surface area contributed by atoms with Gasteiger partial charge >= 0.3 is 0 Å². The molecule has 0 aliphatic heterocycles. The molecular weight excluding hydrogens is 371 g/mol. The van der Waals surface area contributed by atoms with E-state index >= 15 is 0 Å². The van der Waals surface area contributed by atoms with Crippen LogP contribution in [-0.4, -0.2) is 22.0 Å². The molecule has 1 heterocycles. The van der Waals surface area contributed by atoms with Gasteiger partial charge in [0.15, 0.2) is 0 Å². The predicted molar refractivity (Wildman–Crippen MR) is 110 cm³/mol. The second kappa shape index (κ2) is 7.55. The van der Waals surface area contributed by atoms with Crippen LogP contribution < -0.4 is 10.6 Å². The number of hydrogen-bond acceptors (Lipinski definition) is 3. The molecule has 0 saturated heterocycles. The van der Waals surface area contributed by atoms with E-state index in [9.17, 15) is 14.0 Å². The standard InChI is InChI=1S/C22H17FN4O2/c1-13-6-7-14(11-20(13)26-22(29)17-4-2-3-5-18(17)23)21(28)25-16-8-9-19-15(10-16)12-24-27-19/h2-12H,1H3,(H,24,27)(H,25,28)(H,26,29). The van der Waals surface area contributed by atoms with E-state index in [2.05, 4.69) is 20.8 Å². The second-order valence-corrected chi connectivity index (χ2v) is 6.59. The van der Waals surface area contributed by atoms with Crippen LogP contribution in [0.3, 0.4) is 0 Å². The number of nitrogens with one attached hydrogen (secondary N) is 3. The van der Waals surface area contributed by atoms with Gasteiger partial charge in [-0.2, -0.15) is 5.10 Å². The molecule has 6 nitrogen and oxygen atoms in total. The van der Waals surface area contributed by atoms with E-state index in [1.807, 2.05) is 12.1 Å². The zero-order valence-corrected chi connectivity index (χ0v) is 15.5.